The molecule has 154 valence electrons. The molecule has 2 aromatic carbocycles. The van der Waals surface area contributed by atoms with Crippen LogP contribution in [0.5, 0.6) is 5.75 Å². The number of amides is 1. The summed E-state index contributed by atoms with van der Waals surface area (Å²) in [5.74, 6) is 0.612. The van der Waals surface area contributed by atoms with E-state index in [0.717, 1.165) is 52.1 Å². The highest BCUT2D eigenvalue weighted by atomic mass is 19.1. The summed E-state index contributed by atoms with van der Waals surface area (Å²) < 4.78 is 19.3. The SMILES string of the molecule is COc1cccc(C(=O)N2CCCC(N3CCN(c4ccccc4F)CC3)C2)c1. The van der Waals surface area contributed by atoms with E-state index in [1.54, 1.807) is 19.2 Å². The van der Waals surface area contributed by atoms with Gasteiger partial charge in [-0.2, -0.15) is 0 Å². The number of piperazine rings is 1. The lowest BCUT2D eigenvalue weighted by molar-refractivity contribution is 0.0563. The molecule has 1 atom stereocenters. The maximum absolute atomic E-state index is 14.1. The number of likely N-dealkylation sites (tertiary alicyclic amines) is 1. The second-order valence-electron chi connectivity index (χ2n) is 7.75. The minimum atomic E-state index is -0.159. The zero-order chi connectivity index (χ0) is 20.2. The molecule has 2 aliphatic heterocycles. The van der Waals surface area contributed by atoms with Gasteiger partial charge in [-0.3, -0.25) is 9.69 Å². The highest BCUT2D eigenvalue weighted by molar-refractivity contribution is 5.94. The average molecular weight is 397 g/mol. The molecule has 2 fully saturated rings. The minimum Gasteiger partial charge on any atom is -0.497 e. The molecule has 0 radical (unpaired) electrons. The molecule has 0 aromatic heterocycles. The Hall–Kier alpha value is -2.60. The average Bonchev–Trinajstić information content (AvgIpc) is 2.79. The molecule has 2 aromatic rings. The van der Waals surface area contributed by atoms with Crippen molar-refractivity contribution in [1.82, 2.24) is 9.80 Å². The van der Waals surface area contributed by atoms with E-state index in [1.807, 2.05) is 35.2 Å². The summed E-state index contributed by atoms with van der Waals surface area (Å²) in [7, 11) is 1.61. The molecule has 4 rings (SSSR count). The van der Waals surface area contributed by atoms with E-state index in [4.69, 9.17) is 4.74 Å². The molecule has 0 N–H and O–H groups in total. The van der Waals surface area contributed by atoms with Crippen LogP contribution < -0.4 is 9.64 Å². The van der Waals surface area contributed by atoms with Gasteiger partial charge in [0.05, 0.1) is 12.8 Å². The van der Waals surface area contributed by atoms with Crippen LogP contribution in [0.3, 0.4) is 0 Å². The Kier molecular flexibility index (Phi) is 6.00. The van der Waals surface area contributed by atoms with Gasteiger partial charge in [0.2, 0.25) is 0 Å². The fraction of sp³-hybridized carbons (Fsp3) is 0.435. The van der Waals surface area contributed by atoms with Crippen molar-refractivity contribution in [2.45, 2.75) is 18.9 Å². The number of piperidine rings is 1. The Morgan fingerprint density at radius 3 is 2.59 bits per heavy atom. The van der Waals surface area contributed by atoms with E-state index in [9.17, 15) is 9.18 Å². The van der Waals surface area contributed by atoms with E-state index in [1.165, 1.54) is 6.07 Å². The van der Waals surface area contributed by atoms with Gasteiger partial charge in [0.1, 0.15) is 11.6 Å². The normalized spacial score (nSPS) is 20.6. The van der Waals surface area contributed by atoms with E-state index < -0.39 is 0 Å². The molecule has 2 aliphatic rings. The summed E-state index contributed by atoms with van der Waals surface area (Å²) in [6, 6.07) is 14.7. The summed E-state index contributed by atoms with van der Waals surface area (Å²) in [4.78, 5) is 19.5. The molecule has 0 spiro atoms. The number of carbonyl (C=O) groups excluding carboxylic acids is 1. The van der Waals surface area contributed by atoms with E-state index in [0.29, 0.717) is 23.0 Å². The molecule has 2 saturated heterocycles. The van der Waals surface area contributed by atoms with E-state index in [2.05, 4.69) is 9.80 Å². The summed E-state index contributed by atoms with van der Waals surface area (Å²) in [5, 5.41) is 0. The minimum absolute atomic E-state index is 0.0681. The number of hydrogen-bond acceptors (Lipinski definition) is 4. The van der Waals surface area contributed by atoms with Crippen molar-refractivity contribution in [3.8, 4) is 5.75 Å². The zero-order valence-corrected chi connectivity index (χ0v) is 16.9. The van der Waals surface area contributed by atoms with Crippen LogP contribution >= 0.6 is 0 Å². The molecule has 0 aliphatic carbocycles. The highest BCUT2D eigenvalue weighted by Crippen LogP contribution is 2.24. The maximum Gasteiger partial charge on any atom is 0.254 e. The standard InChI is InChI=1S/C23H28FN3O2/c1-29-20-8-4-6-18(16-20)23(28)27-11-5-7-19(17-27)25-12-14-26(15-13-25)22-10-3-2-9-21(22)24/h2-4,6,8-10,16,19H,5,7,11-15,17H2,1H3. The van der Waals surface area contributed by atoms with Crippen LogP contribution in [0.1, 0.15) is 23.2 Å². The van der Waals surface area contributed by atoms with Crippen molar-refractivity contribution < 1.29 is 13.9 Å². The van der Waals surface area contributed by atoms with Crippen LogP contribution in [0.15, 0.2) is 48.5 Å². The van der Waals surface area contributed by atoms with Crippen molar-refractivity contribution in [3.63, 3.8) is 0 Å². The monoisotopic (exact) mass is 397 g/mol. The Labute approximate surface area is 171 Å². The maximum atomic E-state index is 14.1. The summed E-state index contributed by atoms with van der Waals surface area (Å²) in [6.07, 6.45) is 2.11. The largest absolute Gasteiger partial charge is 0.497 e. The Bertz CT molecular complexity index is 852. The third-order valence-electron chi connectivity index (χ3n) is 6.02. The smallest absolute Gasteiger partial charge is 0.254 e. The van der Waals surface area contributed by atoms with Gasteiger partial charge < -0.3 is 14.5 Å². The topological polar surface area (TPSA) is 36.0 Å². The molecule has 1 amide bonds. The third-order valence-corrected chi connectivity index (χ3v) is 6.02. The number of hydrogen-bond donors (Lipinski definition) is 0. The van der Waals surface area contributed by atoms with Crippen LogP contribution in [-0.2, 0) is 0 Å². The number of rotatable bonds is 4. The number of nitrogens with zero attached hydrogens (tertiary/aromatic N) is 3. The van der Waals surface area contributed by atoms with Gasteiger partial charge in [-0.15, -0.1) is 0 Å². The van der Waals surface area contributed by atoms with Gasteiger partial charge in [-0.1, -0.05) is 18.2 Å². The van der Waals surface area contributed by atoms with Crippen LogP contribution in [0.2, 0.25) is 0 Å². The third kappa shape index (κ3) is 4.37. The molecule has 2 heterocycles. The first-order valence-electron chi connectivity index (χ1n) is 10.3. The van der Waals surface area contributed by atoms with Crippen LogP contribution in [0.4, 0.5) is 10.1 Å². The highest BCUT2D eigenvalue weighted by Gasteiger charge is 2.30. The molecule has 1 unspecified atom stereocenters. The summed E-state index contributed by atoms with van der Waals surface area (Å²) in [6.45, 7) is 4.93. The number of anilines is 1. The molecular formula is C23H28FN3O2. The predicted molar refractivity (Wildman–Crippen MR) is 112 cm³/mol. The number of halogens is 1. The lowest BCUT2D eigenvalue weighted by atomic mass is 10.0. The van der Waals surface area contributed by atoms with Crippen LogP contribution in [0, 0.1) is 5.82 Å². The van der Waals surface area contributed by atoms with Gasteiger partial charge in [0.15, 0.2) is 0 Å². The number of methoxy groups -OCH3 is 1. The molecule has 6 heteroatoms. The lowest BCUT2D eigenvalue weighted by Gasteiger charge is -2.44. The lowest BCUT2D eigenvalue weighted by Crippen LogP contribution is -2.56. The number of benzene rings is 2. The Balaban J connectivity index is 1.36. The summed E-state index contributed by atoms with van der Waals surface area (Å²) >= 11 is 0. The first kappa shape index (κ1) is 19.7. The van der Waals surface area contributed by atoms with Gasteiger partial charge in [0.25, 0.3) is 5.91 Å². The van der Waals surface area contributed by atoms with Crippen molar-refractivity contribution >= 4 is 11.6 Å². The second kappa shape index (κ2) is 8.82. The van der Waals surface area contributed by atoms with Crippen molar-refractivity contribution in [2.75, 3.05) is 51.3 Å². The van der Waals surface area contributed by atoms with Crippen LogP contribution in [-0.4, -0.2) is 68.1 Å². The first-order chi connectivity index (χ1) is 14.2. The van der Waals surface area contributed by atoms with Crippen molar-refractivity contribution in [2.24, 2.45) is 0 Å². The second-order valence-corrected chi connectivity index (χ2v) is 7.75. The fourth-order valence-corrected chi connectivity index (χ4v) is 4.41. The molecule has 0 saturated carbocycles. The number of ether oxygens (including phenoxy) is 1. The van der Waals surface area contributed by atoms with Gasteiger partial charge in [0, 0.05) is 50.9 Å². The number of para-hydroxylation sites is 1. The Morgan fingerprint density at radius 1 is 1.03 bits per heavy atom. The quantitative estimate of drug-likeness (QED) is 0.794. The van der Waals surface area contributed by atoms with E-state index >= 15 is 0 Å². The fourth-order valence-electron chi connectivity index (χ4n) is 4.41. The molecule has 5 nitrogen and oxygen atoms in total. The van der Waals surface area contributed by atoms with Crippen molar-refractivity contribution in [3.05, 3.63) is 59.9 Å². The van der Waals surface area contributed by atoms with Crippen molar-refractivity contribution in [1.29, 1.82) is 0 Å². The predicted octanol–water partition coefficient (Wildman–Crippen LogP) is 3.26. The van der Waals surface area contributed by atoms with Gasteiger partial charge >= 0.3 is 0 Å². The molecular weight excluding hydrogens is 369 g/mol. The van der Waals surface area contributed by atoms with Gasteiger partial charge in [-0.25, -0.2) is 4.39 Å². The first-order valence-corrected chi connectivity index (χ1v) is 10.3. The van der Waals surface area contributed by atoms with E-state index in [-0.39, 0.29) is 11.7 Å². The molecule has 0 bridgehead atoms. The van der Waals surface area contributed by atoms with Crippen LogP contribution in [0.25, 0.3) is 0 Å². The Morgan fingerprint density at radius 2 is 1.83 bits per heavy atom. The number of carbonyl (C=O) groups is 1. The molecule has 29 heavy (non-hydrogen) atoms. The van der Waals surface area contributed by atoms with Gasteiger partial charge in [-0.05, 0) is 43.2 Å². The summed E-state index contributed by atoms with van der Waals surface area (Å²) in [5.41, 5.74) is 1.36. The zero-order valence-electron chi connectivity index (χ0n) is 16.9.